The van der Waals surface area contributed by atoms with Crippen LogP contribution in [0.5, 0.6) is 5.75 Å². The summed E-state index contributed by atoms with van der Waals surface area (Å²) in [6.07, 6.45) is -0.506. The molecule has 1 atom stereocenters. The number of anilines is 2. The molecule has 1 unspecified atom stereocenters. The highest BCUT2D eigenvalue weighted by Crippen LogP contribution is 2.32. The third kappa shape index (κ3) is 3.98. The van der Waals surface area contributed by atoms with Crippen LogP contribution in [0, 0.1) is 5.82 Å². The largest absolute Gasteiger partial charge is 0.482 e. The predicted molar refractivity (Wildman–Crippen MR) is 96.0 cm³/mol. The number of rotatable bonds is 7. The summed E-state index contributed by atoms with van der Waals surface area (Å²) in [5.74, 6) is 0.461. The Balaban J connectivity index is 1.95. The lowest BCUT2D eigenvalue weighted by atomic mass is 10.1. The van der Waals surface area contributed by atoms with Crippen molar-refractivity contribution in [1.82, 2.24) is 9.97 Å². The molecule has 2 aromatic carbocycles. The molecule has 0 saturated heterocycles. The highest BCUT2D eigenvalue weighted by Gasteiger charge is 2.18. The van der Waals surface area contributed by atoms with E-state index in [1.54, 1.807) is 30.3 Å². The van der Waals surface area contributed by atoms with E-state index in [9.17, 15) is 4.39 Å². The van der Waals surface area contributed by atoms with Gasteiger partial charge >= 0.3 is 0 Å². The van der Waals surface area contributed by atoms with Crippen LogP contribution in [0.3, 0.4) is 0 Å². The number of nitrogen functional groups attached to an aromatic ring is 2. The van der Waals surface area contributed by atoms with Crippen molar-refractivity contribution in [2.45, 2.75) is 6.10 Å². The molecular weight excluding hydrogens is 339 g/mol. The van der Waals surface area contributed by atoms with Gasteiger partial charge < -0.3 is 25.7 Å². The molecule has 136 valence electrons. The van der Waals surface area contributed by atoms with Crippen LogP contribution in [0.1, 0.15) is 11.7 Å². The third-order valence-electron chi connectivity index (χ3n) is 3.71. The van der Waals surface area contributed by atoms with Crippen LogP contribution in [0.4, 0.5) is 16.2 Å². The highest BCUT2D eigenvalue weighted by atomic mass is 19.1. The molecular formula is C18H19FN4O3. The lowest BCUT2D eigenvalue weighted by molar-refractivity contribution is -0.0569. The van der Waals surface area contributed by atoms with Crippen molar-refractivity contribution in [1.29, 1.82) is 0 Å². The van der Waals surface area contributed by atoms with Crippen LogP contribution in [-0.2, 0) is 9.47 Å². The van der Waals surface area contributed by atoms with Gasteiger partial charge in [0.25, 0.3) is 0 Å². The second-order valence-corrected chi connectivity index (χ2v) is 5.55. The Hall–Kier alpha value is -2.97. The first kappa shape index (κ1) is 17.8. The number of nitrogens with two attached hydrogens (primary N) is 2. The Morgan fingerprint density at radius 3 is 2.58 bits per heavy atom. The van der Waals surface area contributed by atoms with Crippen molar-refractivity contribution in [3.8, 4) is 5.75 Å². The van der Waals surface area contributed by atoms with E-state index in [0.717, 1.165) is 5.56 Å². The van der Waals surface area contributed by atoms with Crippen molar-refractivity contribution in [2.75, 3.05) is 32.0 Å². The zero-order valence-electron chi connectivity index (χ0n) is 14.2. The Kier molecular flexibility index (Phi) is 5.45. The smallest absolute Gasteiger partial charge is 0.222 e. The summed E-state index contributed by atoms with van der Waals surface area (Å²) >= 11 is 0. The van der Waals surface area contributed by atoms with Gasteiger partial charge in [-0.05, 0) is 29.8 Å². The van der Waals surface area contributed by atoms with Crippen LogP contribution in [0.2, 0.25) is 0 Å². The molecule has 3 rings (SSSR count). The maximum absolute atomic E-state index is 13.2. The first-order chi connectivity index (χ1) is 12.6. The average Bonchev–Trinajstić information content (AvgIpc) is 2.61. The van der Waals surface area contributed by atoms with Crippen molar-refractivity contribution < 1.29 is 18.6 Å². The van der Waals surface area contributed by atoms with Crippen LogP contribution in [0.15, 0.2) is 42.5 Å². The Morgan fingerprint density at radius 1 is 1.08 bits per heavy atom. The predicted octanol–water partition coefficient (Wildman–Crippen LogP) is 2.67. The highest BCUT2D eigenvalue weighted by molar-refractivity contribution is 5.94. The fraction of sp³-hybridized carbons (Fsp3) is 0.222. The monoisotopic (exact) mass is 358 g/mol. The summed E-state index contributed by atoms with van der Waals surface area (Å²) in [6, 6.07) is 11.3. The number of nitrogens with zero attached hydrogens (tertiary/aromatic N) is 2. The van der Waals surface area contributed by atoms with Gasteiger partial charge in [0.15, 0.2) is 0 Å². The van der Waals surface area contributed by atoms with E-state index in [0.29, 0.717) is 16.7 Å². The summed E-state index contributed by atoms with van der Waals surface area (Å²) < 4.78 is 29.7. The van der Waals surface area contributed by atoms with Crippen molar-refractivity contribution >= 4 is 22.7 Å². The normalized spacial score (nSPS) is 12.2. The molecule has 0 radical (unpaired) electrons. The molecule has 4 N–H and O–H groups in total. The summed E-state index contributed by atoms with van der Waals surface area (Å²) in [5.41, 5.74) is 13.0. The fourth-order valence-electron chi connectivity index (χ4n) is 2.56. The number of ether oxygens (including phenoxy) is 3. The first-order valence-corrected chi connectivity index (χ1v) is 7.89. The van der Waals surface area contributed by atoms with Gasteiger partial charge in [0, 0.05) is 7.11 Å². The molecule has 1 aromatic heterocycles. The van der Waals surface area contributed by atoms with E-state index < -0.39 is 6.10 Å². The van der Waals surface area contributed by atoms with Gasteiger partial charge in [-0.3, -0.25) is 0 Å². The molecule has 0 spiro atoms. The van der Waals surface area contributed by atoms with Gasteiger partial charge in [0.05, 0.1) is 17.5 Å². The minimum absolute atomic E-state index is 0.0886. The fourth-order valence-corrected chi connectivity index (χ4v) is 2.56. The number of hydrogen-bond donors (Lipinski definition) is 2. The Morgan fingerprint density at radius 2 is 1.85 bits per heavy atom. The van der Waals surface area contributed by atoms with E-state index in [1.807, 2.05) is 0 Å². The van der Waals surface area contributed by atoms with E-state index in [4.69, 9.17) is 25.7 Å². The lowest BCUT2D eigenvalue weighted by Crippen LogP contribution is -2.16. The van der Waals surface area contributed by atoms with Crippen LogP contribution in [-0.4, -0.2) is 30.5 Å². The van der Waals surface area contributed by atoms with Gasteiger partial charge in [-0.25, -0.2) is 9.37 Å². The summed E-state index contributed by atoms with van der Waals surface area (Å²) in [5, 5.41) is 0.556. The van der Waals surface area contributed by atoms with E-state index >= 15 is 0 Å². The molecule has 7 nitrogen and oxygen atoms in total. The first-order valence-electron chi connectivity index (χ1n) is 7.89. The van der Waals surface area contributed by atoms with Gasteiger partial charge in [-0.15, -0.1) is 0 Å². The van der Waals surface area contributed by atoms with Gasteiger partial charge in [0.1, 0.15) is 30.3 Å². The Labute approximate surface area is 149 Å². The van der Waals surface area contributed by atoms with Gasteiger partial charge in [0.2, 0.25) is 5.95 Å². The SMILES string of the molecule is COCOCC(Oc1cccc2nc(N)nc(N)c12)c1ccc(F)cc1. The molecule has 1 heterocycles. The standard InChI is InChI=1S/C18H19FN4O3/c1-24-10-25-9-15(11-5-7-12(19)8-6-11)26-14-4-2-3-13-16(14)17(20)23-18(21)22-13/h2-8,15H,9-10H2,1H3,(H4,20,21,22,23). The average molecular weight is 358 g/mol. The van der Waals surface area contributed by atoms with Crippen molar-refractivity contribution in [2.24, 2.45) is 0 Å². The van der Waals surface area contributed by atoms with Crippen LogP contribution < -0.4 is 16.2 Å². The molecule has 0 saturated carbocycles. The van der Waals surface area contributed by atoms with Crippen molar-refractivity contribution in [3.05, 3.63) is 53.8 Å². The second kappa shape index (κ2) is 7.94. The zero-order chi connectivity index (χ0) is 18.5. The Bertz CT molecular complexity index is 889. The molecule has 0 amide bonds. The van der Waals surface area contributed by atoms with Crippen LogP contribution >= 0.6 is 0 Å². The quantitative estimate of drug-likeness (QED) is 0.494. The lowest BCUT2D eigenvalue weighted by Gasteiger charge is -2.21. The number of halogens is 1. The second-order valence-electron chi connectivity index (χ2n) is 5.55. The minimum Gasteiger partial charge on any atom is -0.482 e. The molecule has 0 bridgehead atoms. The maximum atomic E-state index is 13.2. The molecule has 0 aliphatic carbocycles. The van der Waals surface area contributed by atoms with Gasteiger partial charge in [-0.1, -0.05) is 18.2 Å². The molecule has 0 aliphatic heterocycles. The molecule has 8 heteroatoms. The number of hydrogen-bond acceptors (Lipinski definition) is 7. The molecule has 0 aliphatic rings. The molecule has 0 fully saturated rings. The summed E-state index contributed by atoms with van der Waals surface area (Å²) in [7, 11) is 1.53. The minimum atomic E-state index is -0.506. The molecule has 26 heavy (non-hydrogen) atoms. The topological polar surface area (TPSA) is 106 Å². The molecule has 3 aromatic rings. The van der Waals surface area contributed by atoms with E-state index in [1.165, 1.54) is 19.2 Å². The van der Waals surface area contributed by atoms with E-state index in [2.05, 4.69) is 9.97 Å². The number of benzene rings is 2. The van der Waals surface area contributed by atoms with Gasteiger partial charge in [-0.2, -0.15) is 4.98 Å². The number of fused-ring (bicyclic) bond motifs is 1. The van der Waals surface area contributed by atoms with Crippen molar-refractivity contribution in [3.63, 3.8) is 0 Å². The number of methoxy groups -OCH3 is 1. The zero-order valence-corrected chi connectivity index (χ0v) is 14.2. The summed E-state index contributed by atoms with van der Waals surface area (Å²) in [4.78, 5) is 8.16. The summed E-state index contributed by atoms with van der Waals surface area (Å²) in [6.45, 7) is 0.309. The maximum Gasteiger partial charge on any atom is 0.222 e. The number of aromatic nitrogens is 2. The van der Waals surface area contributed by atoms with Crippen LogP contribution in [0.25, 0.3) is 10.9 Å². The third-order valence-corrected chi connectivity index (χ3v) is 3.71. The van der Waals surface area contributed by atoms with E-state index in [-0.39, 0.29) is 31.0 Å².